The Hall–Kier alpha value is -2.98. The quantitative estimate of drug-likeness (QED) is 0.142. The number of aliphatic hydroxyl groups is 3. The zero-order chi connectivity index (χ0) is 48.2. The van der Waals surface area contributed by atoms with Gasteiger partial charge < -0.3 is 39.2 Å². The normalized spacial score (nSPS) is 40.4. The molecule has 1 amide bonds. The lowest BCUT2D eigenvalue weighted by Crippen LogP contribution is -2.60. The third-order valence-corrected chi connectivity index (χ3v) is 15.6. The van der Waals surface area contributed by atoms with Crippen LogP contribution in [-0.4, -0.2) is 130 Å². The van der Waals surface area contributed by atoms with Crippen molar-refractivity contribution in [1.29, 1.82) is 0 Å². The molecule has 0 aromatic rings. The number of ketones is 3. The Kier molecular flexibility index (Phi) is 21.3. The number of methoxy groups -OCH3 is 2. The number of thioether (sulfide) groups is 1. The molecular weight excluding hydrogens is 851 g/mol. The Morgan fingerprint density at radius 3 is 2.29 bits per heavy atom. The number of esters is 1. The van der Waals surface area contributed by atoms with Crippen LogP contribution in [0.2, 0.25) is 0 Å². The Balaban J connectivity index is 1.70. The number of hydrogen-bond acceptors (Lipinski definition) is 13. The number of fused-ring (bicyclic) bond motifs is 3. The molecule has 0 aromatic carbocycles. The molecular formula is C51H79NO12S. The first-order valence-corrected chi connectivity index (χ1v) is 25.2. The fourth-order valence-corrected chi connectivity index (χ4v) is 11.0. The van der Waals surface area contributed by atoms with Crippen molar-refractivity contribution in [2.24, 2.45) is 35.5 Å². The molecule has 65 heavy (non-hydrogen) atoms. The van der Waals surface area contributed by atoms with Gasteiger partial charge in [0, 0.05) is 50.2 Å². The summed E-state index contributed by atoms with van der Waals surface area (Å²) in [6, 6.07) is -1.12. The standard InChI is InChI=1S/C51H79NO12S/c1-30-16-12-11-13-17-31(2)44(65-10)28-38-21-19-36(7)51(60,64-38)48(57)49(58)52-23-15-14-18-39(52)50(59)63-42(33(4)26-37-20-22-40(53)43(27-37)61-8)29-41(54)32(3)25-35(6)46(56)47(62-9)45(55)34(5)24-30/h11-13,16-17,25,30,32-34,36-40,42-44,46-47,53,56,60H,14-15,18-24,26-29H2,1-10H3/b13-11+,16-12-,31-17+,35-25+/t30-,32-,33-,34-,36-,37+,38+,39+,40-,42+,43-,44-,46-,47+,51-/m1/s1. The van der Waals surface area contributed by atoms with Gasteiger partial charge in [-0.3, -0.25) is 19.2 Å². The van der Waals surface area contributed by atoms with Crippen LogP contribution in [0.1, 0.15) is 126 Å². The molecule has 1 saturated carbocycles. The molecule has 0 unspecified atom stereocenters. The predicted octanol–water partition coefficient (Wildman–Crippen LogP) is 6.90. The SMILES string of the molecule is CO[C@@H]1C[C@H](C[C@@H](C)[C@@H]2CC(=O)[C@H](C)/C=C(\C)[C@@H](O)[C@@H](OC)C(=O)[C@H](C)C[C@H](C)\C=C/C=C/C=C(\C)[C@H](SC)C[C@@H]3CC[C@@H](C)[C@@](O)(O3)C(=O)C(=O)N3CCCC[C@H]3C(=O)O2)CC[C@H]1O. The van der Waals surface area contributed by atoms with Crippen LogP contribution < -0.4 is 0 Å². The van der Waals surface area contributed by atoms with Crippen LogP contribution in [0.3, 0.4) is 0 Å². The first kappa shape index (κ1) is 54.6. The van der Waals surface area contributed by atoms with Crippen LogP contribution in [0.15, 0.2) is 47.6 Å². The van der Waals surface area contributed by atoms with E-state index in [4.69, 9.17) is 18.9 Å². The molecule has 2 saturated heterocycles. The van der Waals surface area contributed by atoms with Crippen LogP contribution in [0, 0.1) is 35.5 Å². The highest BCUT2D eigenvalue weighted by molar-refractivity contribution is 7.99. The zero-order valence-corrected chi connectivity index (χ0v) is 41.4. The van der Waals surface area contributed by atoms with Gasteiger partial charge in [-0.05, 0) is 114 Å². The maximum absolute atomic E-state index is 14.4. The molecule has 14 heteroatoms. The first-order chi connectivity index (χ1) is 30.7. The van der Waals surface area contributed by atoms with Crippen molar-refractivity contribution in [1.82, 2.24) is 4.90 Å². The van der Waals surface area contributed by atoms with E-state index in [0.717, 1.165) is 12.0 Å². The van der Waals surface area contributed by atoms with Crippen molar-refractivity contribution in [3.05, 3.63) is 47.6 Å². The Labute approximate surface area is 392 Å². The van der Waals surface area contributed by atoms with E-state index in [9.17, 15) is 39.3 Å². The second-order valence-corrected chi connectivity index (χ2v) is 20.6. The highest BCUT2D eigenvalue weighted by Crippen LogP contribution is 2.38. The molecule has 0 aromatic heterocycles. The molecule has 3 aliphatic heterocycles. The van der Waals surface area contributed by atoms with Gasteiger partial charge in [-0.15, -0.1) is 0 Å². The smallest absolute Gasteiger partial charge is 0.329 e. The van der Waals surface area contributed by atoms with E-state index in [0.29, 0.717) is 63.4 Å². The number of Topliss-reactive ketones (excluding diaryl/α,β-unsaturated/α-hetero) is 3. The van der Waals surface area contributed by atoms with Crippen LogP contribution in [0.25, 0.3) is 0 Å². The number of allylic oxidation sites excluding steroid dienone is 6. The molecule has 0 spiro atoms. The van der Waals surface area contributed by atoms with Gasteiger partial charge in [0.25, 0.3) is 11.7 Å². The Bertz CT molecular complexity index is 1760. The molecule has 366 valence electrons. The van der Waals surface area contributed by atoms with Gasteiger partial charge in [0.1, 0.15) is 30.1 Å². The minimum Gasteiger partial charge on any atom is -0.460 e. The summed E-state index contributed by atoms with van der Waals surface area (Å²) in [5.41, 5.74) is 1.46. The highest BCUT2D eigenvalue weighted by Gasteiger charge is 2.53. The number of ether oxygens (including phenoxy) is 4. The molecule has 13 nitrogen and oxygen atoms in total. The summed E-state index contributed by atoms with van der Waals surface area (Å²) in [4.78, 5) is 71.9. The maximum Gasteiger partial charge on any atom is 0.329 e. The number of carbonyl (C=O) groups excluding carboxylic acids is 5. The molecule has 1 aliphatic carbocycles. The number of hydrogen-bond donors (Lipinski definition) is 3. The third-order valence-electron chi connectivity index (χ3n) is 14.5. The van der Waals surface area contributed by atoms with Crippen LogP contribution in [0.4, 0.5) is 0 Å². The van der Waals surface area contributed by atoms with E-state index in [1.807, 2.05) is 64.3 Å². The van der Waals surface area contributed by atoms with Gasteiger partial charge in [0.2, 0.25) is 5.79 Å². The average molecular weight is 930 g/mol. The largest absolute Gasteiger partial charge is 0.460 e. The lowest BCUT2D eigenvalue weighted by Gasteiger charge is -2.42. The summed E-state index contributed by atoms with van der Waals surface area (Å²) < 4.78 is 23.6. The molecule has 4 rings (SSSR count). The molecule has 0 radical (unpaired) electrons. The minimum atomic E-state index is -2.38. The monoisotopic (exact) mass is 930 g/mol. The topological polar surface area (TPSA) is 186 Å². The molecule has 3 N–H and O–H groups in total. The van der Waals surface area contributed by atoms with Crippen LogP contribution >= 0.6 is 11.8 Å². The lowest BCUT2D eigenvalue weighted by molar-refractivity contribution is -0.263. The van der Waals surface area contributed by atoms with Crippen LogP contribution in [0.5, 0.6) is 0 Å². The van der Waals surface area contributed by atoms with Crippen molar-refractivity contribution < 1.29 is 58.2 Å². The van der Waals surface area contributed by atoms with Gasteiger partial charge in [-0.1, -0.05) is 76.6 Å². The maximum atomic E-state index is 14.4. The van der Waals surface area contributed by atoms with E-state index < -0.39 is 77.8 Å². The fraction of sp³-hybridized carbons (Fsp3) is 0.745. The summed E-state index contributed by atoms with van der Waals surface area (Å²) in [7, 11) is 2.96. The van der Waals surface area contributed by atoms with Gasteiger partial charge in [0.05, 0.1) is 18.3 Å². The molecule has 15 atom stereocenters. The number of amides is 1. The van der Waals surface area contributed by atoms with Crippen molar-refractivity contribution in [3.8, 4) is 0 Å². The second-order valence-electron chi connectivity index (χ2n) is 19.6. The number of piperidine rings is 1. The van der Waals surface area contributed by atoms with E-state index in [2.05, 4.69) is 0 Å². The molecule has 4 aliphatic rings. The lowest BCUT2D eigenvalue weighted by atomic mass is 9.78. The highest BCUT2D eigenvalue weighted by atomic mass is 32.2. The number of rotatable bonds is 6. The van der Waals surface area contributed by atoms with Gasteiger partial charge >= 0.3 is 5.97 Å². The van der Waals surface area contributed by atoms with Crippen molar-refractivity contribution in [2.75, 3.05) is 27.0 Å². The van der Waals surface area contributed by atoms with Gasteiger partial charge in [0.15, 0.2) is 5.78 Å². The average Bonchev–Trinajstić information content (AvgIpc) is 3.28. The first-order valence-electron chi connectivity index (χ1n) is 23.9. The van der Waals surface area contributed by atoms with E-state index in [1.165, 1.54) is 12.0 Å². The minimum absolute atomic E-state index is 0.000885. The fourth-order valence-electron chi connectivity index (χ4n) is 10.1. The molecule has 3 fully saturated rings. The number of nitrogens with zero attached hydrogens (tertiary/aromatic N) is 1. The van der Waals surface area contributed by atoms with Crippen LogP contribution in [-0.2, 0) is 42.9 Å². The Morgan fingerprint density at radius 2 is 1.62 bits per heavy atom. The molecule has 3 heterocycles. The van der Waals surface area contributed by atoms with E-state index in [1.54, 1.807) is 45.7 Å². The van der Waals surface area contributed by atoms with E-state index in [-0.39, 0.29) is 60.1 Å². The summed E-state index contributed by atoms with van der Waals surface area (Å²) in [6.45, 7) is 12.9. The van der Waals surface area contributed by atoms with Crippen molar-refractivity contribution in [2.45, 2.75) is 179 Å². The predicted molar refractivity (Wildman–Crippen MR) is 252 cm³/mol. The van der Waals surface area contributed by atoms with Gasteiger partial charge in [-0.2, -0.15) is 11.8 Å². The summed E-state index contributed by atoms with van der Waals surface area (Å²) >= 11 is 1.63. The Morgan fingerprint density at radius 1 is 0.892 bits per heavy atom. The van der Waals surface area contributed by atoms with Gasteiger partial charge in [-0.25, -0.2) is 4.79 Å². The second kappa shape index (κ2) is 25.4. The summed E-state index contributed by atoms with van der Waals surface area (Å²) in [5.74, 6) is -7.73. The summed E-state index contributed by atoms with van der Waals surface area (Å²) in [6.07, 6.45) is 14.4. The number of aliphatic hydroxyl groups excluding tert-OH is 2. The van der Waals surface area contributed by atoms with E-state index >= 15 is 0 Å². The number of cyclic esters (lactones) is 1. The van der Waals surface area contributed by atoms with Crippen molar-refractivity contribution in [3.63, 3.8) is 0 Å². The number of carbonyl (C=O) groups is 5. The summed E-state index contributed by atoms with van der Waals surface area (Å²) in [5, 5.41) is 33.9. The zero-order valence-electron chi connectivity index (χ0n) is 40.6. The third kappa shape index (κ3) is 14.5. The molecule has 2 bridgehead atoms. The van der Waals surface area contributed by atoms with Crippen molar-refractivity contribution >= 4 is 41.0 Å².